The van der Waals surface area contributed by atoms with Gasteiger partial charge in [0.15, 0.2) is 10.9 Å². The standard InChI is InChI=1S/C18H18F3N5O3S/c1-10(7-22)29-14-9-24-11(6-13(14)18(19,20)21)8-25-17(30)26-15-12(16(27)28-2)4-3-5-23-15/h3-7,9-10,22H,8H2,1-2H3,(H2,23,25,26,30). The maximum atomic E-state index is 13.3. The van der Waals surface area contributed by atoms with Gasteiger partial charge in [-0.25, -0.2) is 9.78 Å². The number of hydrogen-bond donors (Lipinski definition) is 3. The van der Waals surface area contributed by atoms with Crippen molar-refractivity contribution in [3.63, 3.8) is 0 Å². The number of carbonyl (C=O) groups is 1. The molecule has 0 radical (unpaired) electrons. The normalized spacial score (nSPS) is 11.9. The first-order valence-corrected chi connectivity index (χ1v) is 8.88. The van der Waals surface area contributed by atoms with Gasteiger partial charge < -0.3 is 25.5 Å². The molecular formula is C18H18F3N5O3S. The minimum absolute atomic E-state index is 0.0203. The van der Waals surface area contributed by atoms with Crippen molar-refractivity contribution in [2.45, 2.75) is 25.7 Å². The number of halogens is 3. The molecule has 160 valence electrons. The van der Waals surface area contributed by atoms with Crippen LogP contribution in [0, 0.1) is 5.41 Å². The Kier molecular flexibility index (Phi) is 7.64. The van der Waals surface area contributed by atoms with Gasteiger partial charge in [0.05, 0.1) is 25.5 Å². The van der Waals surface area contributed by atoms with Crippen LogP contribution in [-0.4, -0.2) is 40.5 Å². The zero-order valence-corrected chi connectivity index (χ0v) is 16.7. The summed E-state index contributed by atoms with van der Waals surface area (Å²) in [6.07, 6.45) is -2.25. The average Bonchev–Trinajstić information content (AvgIpc) is 2.71. The Bertz CT molecular complexity index is 940. The Morgan fingerprint density at radius 2 is 2.13 bits per heavy atom. The van der Waals surface area contributed by atoms with E-state index in [1.165, 1.54) is 26.3 Å². The van der Waals surface area contributed by atoms with Crippen molar-refractivity contribution in [2.75, 3.05) is 12.4 Å². The van der Waals surface area contributed by atoms with Gasteiger partial charge in [-0.2, -0.15) is 13.2 Å². The molecule has 2 heterocycles. The number of aromatic nitrogens is 2. The molecule has 2 aromatic heterocycles. The van der Waals surface area contributed by atoms with Crippen molar-refractivity contribution in [1.29, 1.82) is 5.41 Å². The molecule has 0 aliphatic carbocycles. The summed E-state index contributed by atoms with van der Waals surface area (Å²) >= 11 is 5.11. The number of hydrogen-bond acceptors (Lipinski definition) is 7. The largest absolute Gasteiger partial charge is 0.483 e. The highest BCUT2D eigenvalue weighted by atomic mass is 32.1. The Labute approximate surface area is 175 Å². The highest BCUT2D eigenvalue weighted by Crippen LogP contribution is 2.36. The van der Waals surface area contributed by atoms with E-state index in [0.29, 0.717) is 0 Å². The second-order valence-electron chi connectivity index (χ2n) is 5.86. The number of nitrogens with one attached hydrogen (secondary N) is 3. The molecular weight excluding hydrogens is 423 g/mol. The summed E-state index contributed by atoms with van der Waals surface area (Å²) in [5, 5.41) is 12.5. The third-order valence-corrected chi connectivity index (χ3v) is 3.90. The van der Waals surface area contributed by atoms with Gasteiger partial charge in [0, 0.05) is 12.4 Å². The predicted molar refractivity (Wildman–Crippen MR) is 107 cm³/mol. The van der Waals surface area contributed by atoms with Crippen molar-refractivity contribution in [1.82, 2.24) is 15.3 Å². The lowest BCUT2D eigenvalue weighted by atomic mass is 10.2. The number of nitrogens with zero attached hydrogens (tertiary/aromatic N) is 2. The molecule has 0 aliphatic heterocycles. The van der Waals surface area contributed by atoms with Crippen LogP contribution >= 0.6 is 12.2 Å². The summed E-state index contributed by atoms with van der Waals surface area (Å²) in [6, 6.07) is 3.86. The first-order valence-electron chi connectivity index (χ1n) is 8.47. The van der Waals surface area contributed by atoms with Crippen LogP contribution in [0.1, 0.15) is 28.5 Å². The van der Waals surface area contributed by atoms with Crippen LogP contribution < -0.4 is 15.4 Å². The second kappa shape index (κ2) is 9.96. The Hall–Kier alpha value is -3.28. The van der Waals surface area contributed by atoms with Gasteiger partial charge in [0.2, 0.25) is 0 Å². The fraction of sp³-hybridized carbons (Fsp3) is 0.278. The molecule has 2 rings (SSSR count). The Morgan fingerprint density at radius 3 is 2.77 bits per heavy atom. The van der Waals surface area contributed by atoms with Gasteiger partial charge >= 0.3 is 12.1 Å². The summed E-state index contributed by atoms with van der Waals surface area (Å²) in [6.45, 7) is 1.31. The maximum Gasteiger partial charge on any atom is 0.420 e. The number of thiocarbonyl (C=S) groups is 1. The van der Waals surface area contributed by atoms with Crippen LogP contribution in [0.5, 0.6) is 5.75 Å². The number of ether oxygens (including phenoxy) is 2. The van der Waals surface area contributed by atoms with Gasteiger partial charge in [-0.05, 0) is 37.3 Å². The molecule has 0 aromatic carbocycles. The number of esters is 1. The van der Waals surface area contributed by atoms with Crippen molar-refractivity contribution in [3.8, 4) is 5.75 Å². The monoisotopic (exact) mass is 441 g/mol. The summed E-state index contributed by atoms with van der Waals surface area (Å²) in [4.78, 5) is 19.7. The van der Waals surface area contributed by atoms with E-state index >= 15 is 0 Å². The van der Waals surface area contributed by atoms with Crippen LogP contribution in [0.2, 0.25) is 0 Å². The van der Waals surface area contributed by atoms with Crippen LogP contribution in [0.4, 0.5) is 19.0 Å². The third kappa shape index (κ3) is 6.11. The first kappa shape index (κ1) is 23.0. The molecule has 0 saturated carbocycles. The quantitative estimate of drug-likeness (QED) is 0.342. The van der Waals surface area contributed by atoms with E-state index in [4.69, 9.17) is 22.4 Å². The van der Waals surface area contributed by atoms with Crippen molar-refractivity contribution in [3.05, 3.63) is 47.4 Å². The number of carbonyl (C=O) groups excluding carboxylic acids is 1. The molecule has 30 heavy (non-hydrogen) atoms. The first-order chi connectivity index (χ1) is 14.2. The van der Waals surface area contributed by atoms with Crippen LogP contribution in [0.3, 0.4) is 0 Å². The molecule has 0 bridgehead atoms. The maximum absolute atomic E-state index is 13.3. The number of anilines is 1. The van der Waals surface area contributed by atoms with Crippen molar-refractivity contribution < 1.29 is 27.4 Å². The molecule has 0 aliphatic rings. The molecule has 0 fully saturated rings. The predicted octanol–water partition coefficient (Wildman–Crippen LogP) is 3.19. The second-order valence-corrected chi connectivity index (χ2v) is 6.27. The van der Waals surface area contributed by atoms with E-state index in [1.54, 1.807) is 6.07 Å². The lowest BCUT2D eigenvalue weighted by Crippen LogP contribution is -2.29. The highest BCUT2D eigenvalue weighted by Gasteiger charge is 2.35. The highest BCUT2D eigenvalue weighted by molar-refractivity contribution is 7.80. The van der Waals surface area contributed by atoms with Gasteiger partial charge in [0.1, 0.15) is 23.0 Å². The van der Waals surface area contributed by atoms with Crippen LogP contribution in [-0.2, 0) is 17.5 Å². The number of pyridine rings is 2. The lowest BCUT2D eigenvalue weighted by molar-refractivity contribution is -0.139. The Morgan fingerprint density at radius 1 is 1.40 bits per heavy atom. The molecule has 1 atom stereocenters. The van der Waals surface area contributed by atoms with Crippen LogP contribution in [0.15, 0.2) is 30.6 Å². The molecule has 0 spiro atoms. The van der Waals surface area contributed by atoms with E-state index in [9.17, 15) is 18.0 Å². The smallest absolute Gasteiger partial charge is 0.420 e. The summed E-state index contributed by atoms with van der Waals surface area (Å²) < 4.78 is 49.8. The molecule has 3 N–H and O–H groups in total. The zero-order chi connectivity index (χ0) is 22.3. The molecule has 12 heteroatoms. The zero-order valence-electron chi connectivity index (χ0n) is 15.9. The number of rotatable bonds is 7. The summed E-state index contributed by atoms with van der Waals surface area (Å²) in [7, 11) is 1.22. The molecule has 2 aromatic rings. The van der Waals surface area contributed by atoms with Gasteiger partial charge in [0.25, 0.3) is 0 Å². The number of methoxy groups -OCH3 is 1. The average molecular weight is 441 g/mol. The summed E-state index contributed by atoms with van der Waals surface area (Å²) in [5.41, 5.74) is -0.821. The fourth-order valence-corrected chi connectivity index (χ4v) is 2.40. The third-order valence-electron chi connectivity index (χ3n) is 3.65. The fourth-order valence-electron chi connectivity index (χ4n) is 2.23. The molecule has 0 saturated heterocycles. The van der Waals surface area contributed by atoms with Crippen LogP contribution in [0.25, 0.3) is 0 Å². The molecule has 1 unspecified atom stereocenters. The van der Waals surface area contributed by atoms with Gasteiger partial charge in [-0.3, -0.25) is 4.98 Å². The SMILES string of the molecule is COC(=O)c1cccnc1NC(=S)NCc1cc(C(F)(F)F)c(OC(C)C=N)cn1. The lowest BCUT2D eigenvalue weighted by Gasteiger charge is -2.17. The van der Waals surface area contributed by atoms with E-state index in [0.717, 1.165) is 18.5 Å². The van der Waals surface area contributed by atoms with E-state index in [1.807, 2.05) is 0 Å². The number of alkyl halides is 3. The van der Waals surface area contributed by atoms with E-state index in [-0.39, 0.29) is 28.7 Å². The van der Waals surface area contributed by atoms with E-state index < -0.39 is 29.6 Å². The van der Waals surface area contributed by atoms with Crippen molar-refractivity contribution >= 4 is 35.3 Å². The van der Waals surface area contributed by atoms with Gasteiger partial charge in [-0.15, -0.1) is 0 Å². The topological polar surface area (TPSA) is 109 Å². The summed E-state index contributed by atoms with van der Waals surface area (Å²) in [5.74, 6) is -0.964. The minimum atomic E-state index is -4.67. The molecule has 8 nitrogen and oxygen atoms in total. The molecule has 0 amide bonds. The van der Waals surface area contributed by atoms with Gasteiger partial charge in [-0.1, -0.05) is 0 Å². The van der Waals surface area contributed by atoms with Crippen molar-refractivity contribution in [2.24, 2.45) is 0 Å². The minimum Gasteiger partial charge on any atom is -0.483 e. The Balaban J connectivity index is 2.11. The van der Waals surface area contributed by atoms with E-state index in [2.05, 4.69) is 25.3 Å².